The summed E-state index contributed by atoms with van der Waals surface area (Å²) in [5.74, 6) is 0. The summed E-state index contributed by atoms with van der Waals surface area (Å²) in [4.78, 5) is 0. The quantitative estimate of drug-likeness (QED) is 0.799. The van der Waals surface area contributed by atoms with Crippen LogP contribution in [0.1, 0.15) is 18.4 Å². The molecule has 2 N–H and O–H groups in total. The normalized spacial score (nSPS) is 20.1. The predicted molar refractivity (Wildman–Crippen MR) is 83.2 cm³/mol. The van der Waals surface area contributed by atoms with Gasteiger partial charge in [0.05, 0.1) is 25.4 Å². The molecule has 1 saturated heterocycles. The Bertz CT molecular complexity index is 422. The van der Waals surface area contributed by atoms with Crippen molar-refractivity contribution in [2.24, 2.45) is 0 Å². The standard InChI is InChI=1S/C15H22BrNO3/c1-11-7-12(4-5-15(11)16)17-8-13(18)9-19-10-14-3-2-6-20-14/h4-5,7,13-14,17-18H,2-3,6,8-10H2,1H3. The topological polar surface area (TPSA) is 50.7 Å². The second-order valence-corrected chi connectivity index (χ2v) is 6.03. The lowest BCUT2D eigenvalue weighted by Gasteiger charge is -2.15. The third kappa shape index (κ3) is 5.05. The average Bonchev–Trinajstić information content (AvgIpc) is 2.93. The minimum Gasteiger partial charge on any atom is -0.389 e. The van der Waals surface area contributed by atoms with E-state index in [9.17, 15) is 5.11 Å². The van der Waals surface area contributed by atoms with Gasteiger partial charge in [-0.25, -0.2) is 0 Å². The number of aliphatic hydroxyl groups excluding tert-OH is 1. The van der Waals surface area contributed by atoms with Crippen LogP contribution in [0, 0.1) is 6.92 Å². The lowest BCUT2D eigenvalue weighted by atomic mass is 10.2. The highest BCUT2D eigenvalue weighted by molar-refractivity contribution is 9.10. The van der Waals surface area contributed by atoms with E-state index in [0.717, 1.165) is 29.6 Å². The SMILES string of the molecule is Cc1cc(NCC(O)COCC2CCCO2)ccc1Br. The van der Waals surface area contributed by atoms with E-state index in [4.69, 9.17) is 9.47 Å². The Hall–Kier alpha value is -0.620. The molecular weight excluding hydrogens is 322 g/mol. The van der Waals surface area contributed by atoms with Gasteiger partial charge >= 0.3 is 0 Å². The first-order valence-electron chi connectivity index (χ1n) is 7.02. The van der Waals surface area contributed by atoms with Crippen molar-refractivity contribution in [3.05, 3.63) is 28.2 Å². The molecule has 20 heavy (non-hydrogen) atoms. The summed E-state index contributed by atoms with van der Waals surface area (Å²) in [6, 6.07) is 6.03. The van der Waals surface area contributed by atoms with Crippen molar-refractivity contribution in [1.82, 2.24) is 0 Å². The summed E-state index contributed by atoms with van der Waals surface area (Å²) in [5, 5.41) is 13.1. The van der Waals surface area contributed by atoms with Gasteiger partial charge in [0.25, 0.3) is 0 Å². The molecule has 0 amide bonds. The van der Waals surface area contributed by atoms with Crippen LogP contribution in [0.25, 0.3) is 0 Å². The van der Waals surface area contributed by atoms with E-state index in [1.807, 2.05) is 25.1 Å². The van der Waals surface area contributed by atoms with Gasteiger partial charge in [-0.15, -0.1) is 0 Å². The number of anilines is 1. The van der Waals surface area contributed by atoms with Crippen molar-refractivity contribution >= 4 is 21.6 Å². The van der Waals surface area contributed by atoms with Crippen molar-refractivity contribution < 1.29 is 14.6 Å². The maximum absolute atomic E-state index is 9.87. The summed E-state index contributed by atoms with van der Waals surface area (Å²) >= 11 is 3.47. The number of rotatable bonds is 7. The van der Waals surface area contributed by atoms with Gasteiger partial charge in [-0.3, -0.25) is 0 Å². The highest BCUT2D eigenvalue weighted by Crippen LogP contribution is 2.19. The summed E-state index contributed by atoms with van der Waals surface area (Å²) in [5.41, 5.74) is 2.17. The number of aliphatic hydroxyl groups is 1. The van der Waals surface area contributed by atoms with Gasteiger partial charge in [0.2, 0.25) is 0 Å². The molecule has 112 valence electrons. The number of ether oxygens (including phenoxy) is 2. The number of nitrogens with one attached hydrogen (secondary N) is 1. The zero-order valence-corrected chi connectivity index (χ0v) is 13.4. The highest BCUT2D eigenvalue weighted by atomic mass is 79.9. The van der Waals surface area contributed by atoms with Gasteiger partial charge in [-0.2, -0.15) is 0 Å². The molecule has 5 heteroatoms. The predicted octanol–water partition coefficient (Wildman–Crippen LogP) is 2.73. The second-order valence-electron chi connectivity index (χ2n) is 5.17. The largest absolute Gasteiger partial charge is 0.389 e. The Morgan fingerprint density at radius 3 is 3.10 bits per heavy atom. The lowest BCUT2D eigenvalue weighted by Crippen LogP contribution is -2.27. The van der Waals surface area contributed by atoms with E-state index in [1.165, 1.54) is 5.56 Å². The monoisotopic (exact) mass is 343 g/mol. The van der Waals surface area contributed by atoms with Crippen LogP contribution in [0.3, 0.4) is 0 Å². The molecule has 2 atom stereocenters. The van der Waals surface area contributed by atoms with Gasteiger partial charge in [-0.1, -0.05) is 15.9 Å². The molecule has 4 nitrogen and oxygen atoms in total. The van der Waals surface area contributed by atoms with Crippen molar-refractivity contribution in [1.29, 1.82) is 0 Å². The molecule has 1 aliphatic heterocycles. The minimum absolute atomic E-state index is 0.212. The molecule has 0 radical (unpaired) electrons. The van der Waals surface area contributed by atoms with Crippen molar-refractivity contribution in [2.45, 2.75) is 32.0 Å². The molecule has 0 aliphatic carbocycles. The van der Waals surface area contributed by atoms with Gasteiger partial charge < -0.3 is 19.9 Å². The van der Waals surface area contributed by atoms with Crippen LogP contribution in [0.15, 0.2) is 22.7 Å². The van der Waals surface area contributed by atoms with E-state index in [1.54, 1.807) is 0 Å². The molecule has 2 unspecified atom stereocenters. The zero-order valence-electron chi connectivity index (χ0n) is 11.8. The Balaban J connectivity index is 1.63. The van der Waals surface area contributed by atoms with Gasteiger partial charge in [0, 0.05) is 23.3 Å². The third-order valence-corrected chi connectivity index (χ3v) is 4.23. The Morgan fingerprint density at radius 2 is 2.40 bits per heavy atom. The molecule has 0 spiro atoms. The van der Waals surface area contributed by atoms with Gasteiger partial charge in [-0.05, 0) is 43.5 Å². The Kier molecular flexibility index (Phi) is 6.29. The van der Waals surface area contributed by atoms with Crippen LogP contribution in [0.2, 0.25) is 0 Å². The molecule has 2 rings (SSSR count). The molecule has 0 bridgehead atoms. The van der Waals surface area contributed by atoms with Crippen LogP contribution >= 0.6 is 15.9 Å². The molecule has 1 aromatic rings. The van der Waals surface area contributed by atoms with E-state index in [-0.39, 0.29) is 6.10 Å². The maximum Gasteiger partial charge on any atom is 0.0945 e. The van der Waals surface area contributed by atoms with Crippen LogP contribution in [0.5, 0.6) is 0 Å². The molecular formula is C15H22BrNO3. The van der Waals surface area contributed by atoms with Crippen molar-refractivity contribution in [3.63, 3.8) is 0 Å². The molecule has 1 fully saturated rings. The van der Waals surface area contributed by atoms with E-state index in [2.05, 4.69) is 21.2 Å². The smallest absolute Gasteiger partial charge is 0.0945 e. The summed E-state index contributed by atoms with van der Waals surface area (Å²) < 4.78 is 12.0. The lowest BCUT2D eigenvalue weighted by molar-refractivity contribution is -0.0137. The fourth-order valence-electron chi connectivity index (χ4n) is 2.16. The first kappa shape index (κ1) is 15.8. The highest BCUT2D eigenvalue weighted by Gasteiger charge is 2.16. The summed E-state index contributed by atoms with van der Waals surface area (Å²) in [6.07, 6.45) is 1.87. The van der Waals surface area contributed by atoms with Crippen LogP contribution in [0.4, 0.5) is 5.69 Å². The van der Waals surface area contributed by atoms with Crippen molar-refractivity contribution in [3.8, 4) is 0 Å². The fourth-order valence-corrected chi connectivity index (χ4v) is 2.41. The minimum atomic E-state index is -0.514. The molecule has 0 saturated carbocycles. The average molecular weight is 344 g/mol. The number of hydrogen-bond acceptors (Lipinski definition) is 4. The number of benzene rings is 1. The zero-order chi connectivity index (χ0) is 14.4. The maximum atomic E-state index is 9.87. The molecule has 1 aliphatic rings. The third-order valence-electron chi connectivity index (χ3n) is 3.34. The Labute approximate surface area is 128 Å². The van der Waals surface area contributed by atoms with Crippen LogP contribution in [-0.4, -0.2) is 43.7 Å². The fraction of sp³-hybridized carbons (Fsp3) is 0.600. The van der Waals surface area contributed by atoms with E-state index >= 15 is 0 Å². The van der Waals surface area contributed by atoms with Gasteiger partial charge in [0.15, 0.2) is 0 Å². The van der Waals surface area contributed by atoms with Gasteiger partial charge in [0.1, 0.15) is 0 Å². The first-order chi connectivity index (χ1) is 9.65. The summed E-state index contributed by atoms with van der Waals surface area (Å²) in [6.45, 7) is 4.26. The number of halogens is 1. The molecule has 1 heterocycles. The van der Waals surface area contributed by atoms with Crippen molar-refractivity contribution in [2.75, 3.05) is 31.7 Å². The number of hydrogen-bond donors (Lipinski definition) is 2. The molecule has 0 aromatic heterocycles. The summed E-state index contributed by atoms with van der Waals surface area (Å²) in [7, 11) is 0. The van der Waals surface area contributed by atoms with Crippen LogP contribution < -0.4 is 5.32 Å². The second kappa shape index (κ2) is 7.98. The first-order valence-corrected chi connectivity index (χ1v) is 7.82. The van der Waals surface area contributed by atoms with E-state index in [0.29, 0.717) is 19.8 Å². The van der Waals surface area contributed by atoms with E-state index < -0.39 is 6.10 Å². The number of aryl methyl sites for hydroxylation is 1. The Morgan fingerprint density at radius 1 is 1.55 bits per heavy atom. The molecule has 1 aromatic carbocycles. The van der Waals surface area contributed by atoms with Crippen LogP contribution in [-0.2, 0) is 9.47 Å².